The highest BCUT2D eigenvalue weighted by Gasteiger charge is 2.31. The fraction of sp³-hybridized carbons (Fsp3) is 0.333. The Morgan fingerprint density at radius 1 is 0.972 bits per heavy atom. The monoisotopic (exact) mass is 550 g/mol. The Morgan fingerprint density at radius 3 is 2.36 bits per heavy atom. The number of aryl methyl sites for hydroxylation is 2. The van der Waals surface area contributed by atoms with Gasteiger partial charge in [0, 0.05) is 23.5 Å². The van der Waals surface area contributed by atoms with Gasteiger partial charge in [0.05, 0.1) is 0 Å². The van der Waals surface area contributed by atoms with Gasteiger partial charge in [-0.1, -0.05) is 83.0 Å². The van der Waals surface area contributed by atoms with Crippen LogP contribution in [0.5, 0.6) is 5.75 Å². The van der Waals surface area contributed by atoms with Gasteiger partial charge in [-0.3, -0.25) is 9.59 Å². The smallest absolute Gasteiger partial charge is 0.261 e. The summed E-state index contributed by atoms with van der Waals surface area (Å²) in [4.78, 5) is 28.9. The molecule has 0 bridgehead atoms. The largest absolute Gasteiger partial charge is 0.483 e. The minimum absolute atomic E-state index is 0.00468. The molecule has 3 aromatic rings. The molecular weight excluding hydrogens is 516 g/mol. The lowest BCUT2D eigenvalue weighted by Gasteiger charge is -2.32. The van der Waals surface area contributed by atoms with Crippen LogP contribution in [-0.4, -0.2) is 35.4 Å². The van der Waals surface area contributed by atoms with Crippen molar-refractivity contribution in [1.82, 2.24) is 10.2 Å². The van der Waals surface area contributed by atoms with Gasteiger partial charge in [0.2, 0.25) is 5.91 Å². The molecule has 36 heavy (non-hydrogen) atoms. The zero-order valence-electron chi connectivity index (χ0n) is 21.5. The third-order valence-corrected chi connectivity index (χ3v) is 6.69. The Balaban J connectivity index is 1.92. The number of amides is 2. The number of carbonyl (C=O) groups excluding carboxylic acids is 2. The van der Waals surface area contributed by atoms with Crippen molar-refractivity contribution >= 4 is 27.7 Å². The second kappa shape index (κ2) is 13.3. The van der Waals surface area contributed by atoms with Gasteiger partial charge in [0.1, 0.15) is 11.8 Å². The van der Waals surface area contributed by atoms with Crippen LogP contribution in [0.1, 0.15) is 42.5 Å². The second-order valence-corrected chi connectivity index (χ2v) is 10.1. The highest BCUT2D eigenvalue weighted by atomic mass is 79.9. The molecule has 0 spiro atoms. The third kappa shape index (κ3) is 7.95. The molecule has 2 atom stereocenters. The van der Waals surface area contributed by atoms with Crippen molar-refractivity contribution in [3.05, 3.63) is 99.5 Å². The van der Waals surface area contributed by atoms with E-state index in [0.29, 0.717) is 18.7 Å². The maximum atomic E-state index is 13.7. The second-order valence-electron chi connectivity index (χ2n) is 9.23. The van der Waals surface area contributed by atoms with Crippen molar-refractivity contribution in [3.63, 3.8) is 0 Å². The SMILES string of the molecule is CC[C@@H](C)NC(=O)[C@@H](Cc1ccccc1)N(Cc1cccc(Br)c1)C(=O)COc1ccc(C)cc1C. The molecule has 190 valence electrons. The van der Waals surface area contributed by atoms with Crippen LogP contribution in [-0.2, 0) is 22.6 Å². The van der Waals surface area contributed by atoms with Crippen molar-refractivity contribution in [2.24, 2.45) is 0 Å². The topological polar surface area (TPSA) is 58.6 Å². The number of benzene rings is 3. The summed E-state index contributed by atoms with van der Waals surface area (Å²) in [6.07, 6.45) is 1.21. The maximum Gasteiger partial charge on any atom is 0.261 e. The summed E-state index contributed by atoms with van der Waals surface area (Å²) >= 11 is 3.52. The third-order valence-electron chi connectivity index (χ3n) is 6.20. The molecule has 0 radical (unpaired) electrons. The number of rotatable bonds is 11. The van der Waals surface area contributed by atoms with Gasteiger partial charge >= 0.3 is 0 Å². The average molecular weight is 552 g/mol. The van der Waals surface area contributed by atoms with Gasteiger partial charge in [-0.15, -0.1) is 0 Å². The summed E-state index contributed by atoms with van der Waals surface area (Å²) in [5.41, 5.74) is 4.02. The summed E-state index contributed by atoms with van der Waals surface area (Å²) in [6, 6.07) is 22.8. The van der Waals surface area contributed by atoms with E-state index in [4.69, 9.17) is 4.74 Å². The molecule has 5 nitrogen and oxygen atoms in total. The van der Waals surface area contributed by atoms with Gasteiger partial charge in [0.15, 0.2) is 6.61 Å². The van der Waals surface area contributed by atoms with Crippen molar-refractivity contribution in [2.75, 3.05) is 6.61 Å². The van der Waals surface area contributed by atoms with Crippen molar-refractivity contribution in [3.8, 4) is 5.75 Å². The summed E-state index contributed by atoms with van der Waals surface area (Å²) in [5, 5.41) is 3.09. The molecule has 2 amide bonds. The van der Waals surface area contributed by atoms with Gasteiger partial charge in [-0.2, -0.15) is 0 Å². The average Bonchev–Trinajstić information content (AvgIpc) is 2.86. The first-order valence-electron chi connectivity index (χ1n) is 12.3. The lowest BCUT2D eigenvalue weighted by atomic mass is 10.0. The van der Waals surface area contributed by atoms with Gasteiger partial charge in [-0.25, -0.2) is 0 Å². The maximum absolute atomic E-state index is 13.7. The number of nitrogens with zero attached hydrogens (tertiary/aromatic N) is 1. The molecule has 0 fully saturated rings. The normalized spacial score (nSPS) is 12.5. The van der Waals surface area contributed by atoms with Crippen LogP contribution in [0, 0.1) is 13.8 Å². The van der Waals surface area contributed by atoms with Gasteiger partial charge < -0.3 is 15.0 Å². The van der Waals surface area contributed by atoms with E-state index in [1.807, 2.05) is 100 Å². The van der Waals surface area contributed by atoms with E-state index < -0.39 is 6.04 Å². The lowest BCUT2D eigenvalue weighted by Crippen LogP contribution is -2.53. The molecule has 3 rings (SSSR count). The summed E-state index contributed by atoms with van der Waals surface area (Å²) in [6.45, 7) is 8.12. The quantitative estimate of drug-likeness (QED) is 0.318. The summed E-state index contributed by atoms with van der Waals surface area (Å²) in [7, 11) is 0. The molecule has 0 aliphatic heterocycles. The van der Waals surface area contributed by atoms with Crippen LogP contribution in [0.25, 0.3) is 0 Å². The molecule has 6 heteroatoms. The Bertz CT molecular complexity index is 1170. The van der Waals surface area contributed by atoms with Crippen molar-refractivity contribution in [2.45, 2.75) is 59.2 Å². The zero-order valence-corrected chi connectivity index (χ0v) is 23.0. The van der Waals surface area contributed by atoms with E-state index in [0.717, 1.165) is 33.1 Å². The van der Waals surface area contributed by atoms with E-state index >= 15 is 0 Å². The van der Waals surface area contributed by atoms with Crippen LogP contribution in [0.2, 0.25) is 0 Å². The molecule has 0 unspecified atom stereocenters. The van der Waals surface area contributed by atoms with Crippen LogP contribution in [0.15, 0.2) is 77.3 Å². The number of hydrogen-bond acceptors (Lipinski definition) is 3. The zero-order chi connectivity index (χ0) is 26.1. The van der Waals surface area contributed by atoms with Crippen LogP contribution in [0.4, 0.5) is 0 Å². The Morgan fingerprint density at radius 2 is 1.69 bits per heavy atom. The number of nitrogens with one attached hydrogen (secondary N) is 1. The summed E-state index contributed by atoms with van der Waals surface area (Å²) < 4.78 is 6.87. The van der Waals surface area contributed by atoms with E-state index in [1.54, 1.807) is 4.90 Å². The minimum atomic E-state index is -0.685. The predicted octanol–water partition coefficient (Wildman–Crippen LogP) is 6.00. The lowest BCUT2D eigenvalue weighted by molar-refractivity contribution is -0.143. The molecule has 0 aromatic heterocycles. The van der Waals surface area contributed by atoms with Crippen molar-refractivity contribution < 1.29 is 14.3 Å². The molecule has 1 N–H and O–H groups in total. The van der Waals surface area contributed by atoms with Crippen molar-refractivity contribution in [1.29, 1.82) is 0 Å². The Hall–Kier alpha value is -3.12. The molecule has 3 aromatic carbocycles. The fourth-order valence-electron chi connectivity index (χ4n) is 4.01. The first-order chi connectivity index (χ1) is 17.3. The highest BCUT2D eigenvalue weighted by Crippen LogP contribution is 2.21. The first kappa shape index (κ1) is 27.5. The number of hydrogen-bond donors (Lipinski definition) is 1. The van der Waals surface area contributed by atoms with E-state index in [-0.39, 0.29) is 24.5 Å². The van der Waals surface area contributed by atoms with Crippen LogP contribution < -0.4 is 10.1 Å². The fourth-order valence-corrected chi connectivity index (χ4v) is 4.46. The number of carbonyl (C=O) groups is 2. The van der Waals surface area contributed by atoms with Gasteiger partial charge in [0.25, 0.3) is 5.91 Å². The van der Waals surface area contributed by atoms with E-state index in [1.165, 1.54) is 0 Å². The van der Waals surface area contributed by atoms with E-state index in [2.05, 4.69) is 21.2 Å². The molecular formula is C30H35BrN2O3. The number of ether oxygens (including phenoxy) is 1. The number of halogens is 1. The van der Waals surface area contributed by atoms with Crippen LogP contribution >= 0.6 is 15.9 Å². The molecule has 0 aliphatic rings. The van der Waals surface area contributed by atoms with Gasteiger partial charge in [-0.05, 0) is 62.1 Å². The molecule has 0 heterocycles. The highest BCUT2D eigenvalue weighted by molar-refractivity contribution is 9.10. The van der Waals surface area contributed by atoms with E-state index in [9.17, 15) is 9.59 Å². The minimum Gasteiger partial charge on any atom is -0.483 e. The summed E-state index contributed by atoms with van der Waals surface area (Å²) in [5.74, 6) is 0.262. The molecule has 0 saturated heterocycles. The Labute approximate surface area is 223 Å². The predicted molar refractivity (Wildman–Crippen MR) is 148 cm³/mol. The molecule has 0 aliphatic carbocycles. The molecule has 0 saturated carbocycles. The standard InChI is InChI=1S/C30H35BrN2O3/c1-5-23(4)32-30(35)27(18-24-10-7-6-8-11-24)33(19-25-12-9-13-26(31)17-25)29(34)20-36-28-15-14-21(2)16-22(28)3/h6-17,23,27H,5,18-20H2,1-4H3,(H,32,35)/t23-,27-/m1/s1. The van der Waals surface area contributed by atoms with Crippen LogP contribution in [0.3, 0.4) is 0 Å². The first-order valence-corrected chi connectivity index (χ1v) is 13.1. The Kier molecular flexibility index (Phi) is 10.1.